The number of halogens is 3. The average molecular weight is 321 g/mol. The normalized spacial score (nSPS) is 28.1. The average Bonchev–Trinajstić information content (AvgIpc) is 2.77. The second-order valence-electron chi connectivity index (χ2n) is 6.24. The van der Waals surface area contributed by atoms with E-state index in [1.807, 2.05) is 6.92 Å². The molecule has 0 aromatic carbocycles. The van der Waals surface area contributed by atoms with E-state index in [1.54, 1.807) is 4.90 Å². The molecule has 2 amide bonds. The molecule has 0 bridgehead atoms. The molecule has 2 heterocycles. The van der Waals surface area contributed by atoms with Crippen LogP contribution in [0.2, 0.25) is 0 Å². The highest BCUT2D eigenvalue weighted by Gasteiger charge is 2.43. The zero-order chi connectivity index (χ0) is 16.5. The van der Waals surface area contributed by atoms with Crippen molar-refractivity contribution in [3.8, 4) is 0 Å². The topological polar surface area (TPSA) is 66.6 Å². The molecule has 2 rings (SSSR count). The number of nitrogens with two attached hydrogens (primary N) is 1. The van der Waals surface area contributed by atoms with Gasteiger partial charge in [0.15, 0.2) is 0 Å². The Bertz CT molecular complexity index is 440. The van der Waals surface area contributed by atoms with Crippen LogP contribution < -0.4 is 5.73 Å². The number of piperidine rings is 1. The molecule has 0 radical (unpaired) electrons. The van der Waals surface area contributed by atoms with Crippen LogP contribution in [-0.2, 0) is 9.59 Å². The largest absolute Gasteiger partial charge is 0.406 e. The van der Waals surface area contributed by atoms with Gasteiger partial charge in [0.25, 0.3) is 0 Å². The Hall–Kier alpha value is -1.31. The summed E-state index contributed by atoms with van der Waals surface area (Å²) in [6.07, 6.45) is -1.93. The van der Waals surface area contributed by atoms with Gasteiger partial charge < -0.3 is 15.5 Å². The first-order valence-electron chi connectivity index (χ1n) is 7.59. The molecule has 2 N–H and O–H groups in total. The minimum absolute atomic E-state index is 0.0898. The lowest BCUT2D eigenvalue weighted by atomic mass is 9.94. The molecule has 22 heavy (non-hydrogen) atoms. The lowest BCUT2D eigenvalue weighted by molar-refractivity contribution is -0.157. The molecular formula is C14H22F3N3O2. The third-order valence-electron chi connectivity index (χ3n) is 4.37. The highest BCUT2D eigenvalue weighted by atomic mass is 19.4. The summed E-state index contributed by atoms with van der Waals surface area (Å²) in [7, 11) is 0. The molecular weight excluding hydrogens is 299 g/mol. The molecule has 0 saturated carbocycles. The number of amides is 2. The summed E-state index contributed by atoms with van der Waals surface area (Å²) < 4.78 is 37.3. The molecule has 2 saturated heterocycles. The van der Waals surface area contributed by atoms with E-state index in [-0.39, 0.29) is 31.0 Å². The van der Waals surface area contributed by atoms with Gasteiger partial charge in [-0.2, -0.15) is 13.2 Å². The van der Waals surface area contributed by atoms with Crippen molar-refractivity contribution >= 4 is 11.8 Å². The third kappa shape index (κ3) is 3.91. The molecule has 2 fully saturated rings. The fraction of sp³-hybridized carbons (Fsp3) is 0.857. The SMILES string of the molecule is C[C@H](N)[C@H]1CCCCN1C(=O)[C@H]1CC(=O)N(CC(F)(F)F)C1. The van der Waals surface area contributed by atoms with Gasteiger partial charge >= 0.3 is 6.18 Å². The predicted molar refractivity (Wildman–Crippen MR) is 73.7 cm³/mol. The maximum absolute atomic E-state index is 12.6. The number of rotatable bonds is 3. The molecule has 2 aliphatic rings. The highest BCUT2D eigenvalue weighted by molar-refractivity contribution is 5.89. The fourth-order valence-corrected chi connectivity index (χ4v) is 3.32. The number of hydrogen-bond acceptors (Lipinski definition) is 3. The molecule has 0 unspecified atom stereocenters. The van der Waals surface area contributed by atoms with Crippen molar-refractivity contribution < 1.29 is 22.8 Å². The van der Waals surface area contributed by atoms with Gasteiger partial charge in [-0.3, -0.25) is 9.59 Å². The van der Waals surface area contributed by atoms with Crippen molar-refractivity contribution in [3.63, 3.8) is 0 Å². The smallest absolute Gasteiger partial charge is 0.338 e. The van der Waals surface area contributed by atoms with Crippen LogP contribution in [0.5, 0.6) is 0 Å². The van der Waals surface area contributed by atoms with Crippen LogP contribution in [0.25, 0.3) is 0 Å². The first kappa shape index (κ1) is 17.1. The Morgan fingerprint density at radius 1 is 1.41 bits per heavy atom. The standard InChI is InChI=1S/C14H22F3N3O2/c1-9(18)11-4-2-3-5-20(11)13(22)10-6-12(21)19(7-10)8-14(15,16)17/h9-11H,2-8,18H2,1H3/t9-,10-,11+/m0/s1. The monoisotopic (exact) mass is 321 g/mol. The quantitative estimate of drug-likeness (QED) is 0.847. The van der Waals surface area contributed by atoms with Gasteiger partial charge in [0.2, 0.25) is 11.8 Å². The van der Waals surface area contributed by atoms with E-state index in [0.717, 1.165) is 24.2 Å². The second-order valence-corrected chi connectivity index (χ2v) is 6.24. The Labute approximate surface area is 127 Å². The minimum Gasteiger partial charge on any atom is -0.338 e. The number of nitrogens with zero attached hydrogens (tertiary/aromatic N) is 2. The van der Waals surface area contributed by atoms with Crippen LogP contribution in [0.3, 0.4) is 0 Å². The Morgan fingerprint density at radius 3 is 2.68 bits per heavy atom. The van der Waals surface area contributed by atoms with Crippen LogP contribution in [0.1, 0.15) is 32.6 Å². The number of carbonyl (C=O) groups excluding carboxylic acids is 2. The summed E-state index contributed by atoms with van der Waals surface area (Å²) in [4.78, 5) is 26.7. The first-order chi connectivity index (χ1) is 10.2. The van der Waals surface area contributed by atoms with E-state index in [1.165, 1.54) is 0 Å². The fourth-order valence-electron chi connectivity index (χ4n) is 3.32. The summed E-state index contributed by atoms with van der Waals surface area (Å²) in [6.45, 7) is 0.951. The maximum atomic E-state index is 12.6. The van der Waals surface area contributed by atoms with Crippen molar-refractivity contribution in [2.45, 2.75) is 50.9 Å². The number of hydrogen-bond donors (Lipinski definition) is 1. The molecule has 2 aliphatic heterocycles. The molecule has 5 nitrogen and oxygen atoms in total. The Kier molecular flexibility index (Phi) is 4.99. The van der Waals surface area contributed by atoms with E-state index >= 15 is 0 Å². The summed E-state index contributed by atoms with van der Waals surface area (Å²) in [5.74, 6) is -1.53. The number of alkyl halides is 3. The molecule has 0 aliphatic carbocycles. The van der Waals surface area contributed by atoms with Crippen molar-refractivity contribution in [1.29, 1.82) is 0 Å². The summed E-state index contributed by atoms with van der Waals surface area (Å²) in [5.41, 5.74) is 5.91. The summed E-state index contributed by atoms with van der Waals surface area (Å²) >= 11 is 0. The van der Waals surface area contributed by atoms with Crippen LogP contribution >= 0.6 is 0 Å². The van der Waals surface area contributed by atoms with Gasteiger partial charge in [-0.1, -0.05) is 0 Å². The Balaban J connectivity index is 2.02. The zero-order valence-corrected chi connectivity index (χ0v) is 12.6. The first-order valence-corrected chi connectivity index (χ1v) is 7.59. The van der Waals surface area contributed by atoms with Crippen molar-refractivity contribution in [3.05, 3.63) is 0 Å². The molecule has 0 aromatic rings. The van der Waals surface area contributed by atoms with Crippen molar-refractivity contribution in [1.82, 2.24) is 9.80 Å². The van der Waals surface area contributed by atoms with Crippen molar-refractivity contribution in [2.24, 2.45) is 11.7 Å². The zero-order valence-electron chi connectivity index (χ0n) is 12.6. The lowest BCUT2D eigenvalue weighted by Crippen LogP contribution is -2.53. The maximum Gasteiger partial charge on any atom is 0.406 e. The van der Waals surface area contributed by atoms with Crippen LogP contribution in [0.15, 0.2) is 0 Å². The summed E-state index contributed by atoms with van der Waals surface area (Å²) in [6, 6.07) is -0.277. The van der Waals surface area contributed by atoms with Gasteiger partial charge in [-0.05, 0) is 26.2 Å². The van der Waals surface area contributed by atoms with Gasteiger partial charge in [0.1, 0.15) is 6.54 Å². The second kappa shape index (κ2) is 6.44. The molecule has 0 spiro atoms. The number of carbonyl (C=O) groups is 2. The Morgan fingerprint density at radius 2 is 2.09 bits per heavy atom. The minimum atomic E-state index is -4.44. The molecule has 3 atom stereocenters. The van der Waals surface area contributed by atoms with E-state index in [4.69, 9.17) is 5.73 Å². The van der Waals surface area contributed by atoms with E-state index in [0.29, 0.717) is 6.54 Å². The predicted octanol–water partition coefficient (Wildman–Crippen LogP) is 1.13. The van der Waals surface area contributed by atoms with E-state index in [9.17, 15) is 22.8 Å². The molecule has 8 heteroatoms. The summed E-state index contributed by atoms with van der Waals surface area (Å²) in [5, 5.41) is 0. The van der Waals surface area contributed by atoms with E-state index in [2.05, 4.69) is 0 Å². The van der Waals surface area contributed by atoms with Gasteiger partial charge in [-0.15, -0.1) is 0 Å². The van der Waals surface area contributed by atoms with E-state index < -0.39 is 24.5 Å². The van der Waals surface area contributed by atoms with Gasteiger partial charge in [-0.25, -0.2) is 0 Å². The van der Waals surface area contributed by atoms with Gasteiger partial charge in [0, 0.05) is 31.6 Å². The van der Waals surface area contributed by atoms with Crippen LogP contribution in [0, 0.1) is 5.92 Å². The highest BCUT2D eigenvalue weighted by Crippen LogP contribution is 2.28. The van der Waals surface area contributed by atoms with Crippen LogP contribution in [-0.4, -0.2) is 59.5 Å². The van der Waals surface area contributed by atoms with Crippen LogP contribution in [0.4, 0.5) is 13.2 Å². The lowest BCUT2D eigenvalue weighted by Gasteiger charge is -2.39. The third-order valence-corrected chi connectivity index (χ3v) is 4.37. The molecule has 126 valence electrons. The number of likely N-dealkylation sites (tertiary alicyclic amines) is 2. The molecule has 0 aromatic heterocycles. The van der Waals surface area contributed by atoms with Gasteiger partial charge in [0.05, 0.1) is 5.92 Å². The van der Waals surface area contributed by atoms with Crippen molar-refractivity contribution in [2.75, 3.05) is 19.6 Å².